The van der Waals surface area contributed by atoms with Gasteiger partial charge in [0.25, 0.3) is 5.91 Å². The van der Waals surface area contributed by atoms with E-state index in [4.69, 9.17) is 16.7 Å². The molecule has 2 aromatic rings. The number of allylic oxidation sites excluding steroid dienone is 1. The summed E-state index contributed by atoms with van der Waals surface area (Å²) in [6, 6.07) is 11.0. The molecule has 2 N–H and O–H groups in total. The molecule has 3 rings (SSSR count). The molecule has 0 saturated carbocycles. The lowest BCUT2D eigenvalue weighted by Gasteiger charge is -2.37. The lowest BCUT2D eigenvalue weighted by molar-refractivity contribution is -0.113. The molecular weight excluding hydrogens is 348 g/mol. The Morgan fingerprint density at radius 3 is 2.77 bits per heavy atom. The number of aryl methyl sites for hydroxylation is 1. The molecule has 0 unspecified atom stereocenters. The van der Waals surface area contributed by atoms with E-state index in [1.807, 2.05) is 42.2 Å². The second-order valence-corrected chi connectivity index (χ2v) is 6.36. The average molecular weight is 368 g/mol. The summed E-state index contributed by atoms with van der Waals surface area (Å²) in [4.78, 5) is 14.9. The van der Waals surface area contributed by atoms with Crippen LogP contribution in [0.2, 0.25) is 0 Å². The molecule has 0 radical (unpaired) electrons. The lowest BCUT2D eigenvalue weighted by atomic mass is 9.94. The first-order chi connectivity index (χ1) is 12.5. The minimum atomic E-state index is -0.349. The van der Waals surface area contributed by atoms with Crippen LogP contribution in [0.15, 0.2) is 64.8 Å². The van der Waals surface area contributed by atoms with E-state index in [1.165, 1.54) is 0 Å². The van der Waals surface area contributed by atoms with Crippen molar-refractivity contribution in [2.24, 2.45) is 0 Å². The highest BCUT2D eigenvalue weighted by atomic mass is 32.1. The maximum atomic E-state index is 13.0. The van der Waals surface area contributed by atoms with Crippen molar-refractivity contribution in [3.05, 3.63) is 71.6 Å². The van der Waals surface area contributed by atoms with Gasteiger partial charge in [-0.1, -0.05) is 41.6 Å². The maximum Gasteiger partial charge on any atom is 0.257 e. The van der Waals surface area contributed by atoms with Crippen molar-refractivity contribution in [2.75, 3.05) is 11.9 Å². The Labute approximate surface area is 157 Å². The number of anilines is 1. The molecule has 0 bridgehead atoms. The van der Waals surface area contributed by atoms with Crippen LogP contribution in [0.1, 0.15) is 24.3 Å². The number of hydrogen-bond donors (Lipinski definition) is 2. The van der Waals surface area contributed by atoms with Crippen LogP contribution in [0.5, 0.6) is 0 Å². The highest BCUT2D eigenvalue weighted by Gasteiger charge is 2.33. The number of nitrogens with zero attached hydrogens (tertiary/aromatic N) is 2. The van der Waals surface area contributed by atoms with E-state index in [2.05, 4.69) is 22.4 Å². The predicted molar refractivity (Wildman–Crippen MR) is 104 cm³/mol. The molecule has 1 aliphatic rings. The van der Waals surface area contributed by atoms with Crippen LogP contribution in [0.25, 0.3) is 0 Å². The van der Waals surface area contributed by atoms with Gasteiger partial charge in [-0.25, -0.2) is 0 Å². The number of benzene rings is 1. The van der Waals surface area contributed by atoms with Crippen molar-refractivity contribution in [3.8, 4) is 0 Å². The van der Waals surface area contributed by atoms with Gasteiger partial charge in [0, 0.05) is 18.3 Å². The Morgan fingerprint density at radius 2 is 2.15 bits per heavy atom. The second kappa shape index (κ2) is 7.53. The number of carbonyl (C=O) groups excluding carboxylic acids is 1. The topological polar surface area (TPSA) is 70.4 Å². The smallest absolute Gasteiger partial charge is 0.257 e. The van der Waals surface area contributed by atoms with E-state index in [0.29, 0.717) is 28.8 Å². The zero-order valence-corrected chi connectivity index (χ0v) is 15.5. The van der Waals surface area contributed by atoms with Gasteiger partial charge in [0.05, 0.1) is 11.6 Å². The lowest BCUT2D eigenvalue weighted by Crippen LogP contribution is -2.48. The molecule has 6 nitrogen and oxygen atoms in total. The summed E-state index contributed by atoms with van der Waals surface area (Å²) < 4.78 is 5.03. The van der Waals surface area contributed by atoms with Gasteiger partial charge in [-0.3, -0.25) is 4.79 Å². The summed E-state index contributed by atoms with van der Waals surface area (Å²) in [6.45, 7) is 7.93. The third-order valence-corrected chi connectivity index (χ3v) is 4.49. The molecule has 1 amide bonds. The minimum Gasteiger partial charge on any atom is -0.360 e. The first-order valence-corrected chi connectivity index (χ1v) is 8.61. The largest absolute Gasteiger partial charge is 0.360 e. The van der Waals surface area contributed by atoms with E-state index < -0.39 is 0 Å². The van der Waals surface area contributed by atoms with Gasteiger partial charge in [-0.2, -0.15) is 0 Å². The molecule has 0 fully saturated rings. The normalized spacial score (nSPS) is 17.1. The number of rotatable bonds is 5. The Bertz CT molecular complexity index is 873. The molecule has 1 aromatic heterocycles. The maximum absolute atomic E-state index is 13.0. The van der Waals surface area contributed by atoms with Gasteiger partial charge in [-0.15, -0.1) is 6.58 Å². The molecule has 1 aliphatic heterocycles. The van der Waals surface area contributed by atoms with Crippen molar-refractivity contribution in [2.45, 2.75) is 19.9 Å². The predicted octanol–water partition coefficient (Wildman–Crippen LogP) is 3.31. The van der Waals surface area contributed by atoms with Crippen LogP contribution >= 0.6 is 12.2 Å². The van der Waals surface area contributed by atoms with Crippen LogP contribution in [0, 0.1) is 6.92 Å². The average Bonchev–Trinajstić information content (AvgIpc) is 3.03. The van der Waals surface area contributed by atoms with Gasteiger partial charge in [0.1, 0.15) is 5.76 Å². The van der Waals surface area contributed by atoms with Crippen LogP contribution in [-0.2, 0) is 4.79 Å². The third kappa shape index (κ3) is 3.52. The highest BCUT2D eigenvalue weighted by molar-refractivity contribution is 7.80. The van der Waals surface area contributed by atoms with Crippen molar-refractivity contribution >= 4 is 29.1 Å². The van der Waals surface area contributed by atoms with Crippen LogP contribution in [0.4, 0.5) is 5.82 Å². The van der Waals surface area contributed by atoms with Gasteiger partial charge < -0.3 is 20.1 Å². The summed E-state index contributed by atoms with van der Waals surface area (Å²) in [7, 11) is 0. The molecule has 1 aromatic carbocycles. The first-order valence-electron chi connectivity index (χ1n) is 8.20. The van der Waals surface area contributed by atoms with E-state index in [-0.39, 0.29) is 11.9 Å². The van der Waals surface area contributed by atoms with Crippen molar-refractivity contribution in [1.82, 2.24) is 15.4 Å². The van der Waals surface area contributed by atoms with E-state index in [9.17, 15) is 4.79 Å². The summed E-state index contributed by atoms with van der Waals surface area (Å²) in [5, 5.41) is 10.5. The van der Waals surface area contributed by atoms with Crippen LogP contribution < -0.4 is 10.6 Å². The standard InChI is InChI=1S/C19H20N4O2S/c1-4-10-23-13(3)16(18(24)20-15-11-12(2)25-22-15)17(21-19(23)26)14-8-6-5-7-9-14/h4-9,11,17H,1,10H2,2-3H3,(H,21,26)(H,20,22,24)/t17-/m1/s1. The molecule has 0 saturated heterocycles. The zero-order valence-electron chi connectivity index (χ0n) is 14.7. The minimum absolute atomic E-state index is 0.256. The first kappa shape index (κ1) is 17.9. The number of hydrogen-bond acceptors (Lipinski definition) is 4. The van der Waals surface area contributed by atoms with E-state index in [0.717, 1.165) is 11.3 Å². The van der Waals surface area contributed by atoms with Crippen LogP contribution in [-0.4, -0.2) is 27.6 Å². The van der Waals surface area contributed by atoms with Crippen LogP contribution in [0.3, 0.4) is 0 Å². The van der Waals surface area contributed by atoms with Gasteiger partial charge in [-0.05, 0) is 31.6 Å². The molecule has 2 heterocycles. The molecule has 26 heavy (non-hydrogen) atoms. The fourth-order valence-electron chi connectivity index (χ4n) is 2.93. The molecule has 7 heteroatoms. The fraction of sp³-hybridized carbons (Fsp3) is 0.211. The number of carbonyl (C=O) groups is 1. The Hall–Kier alpha value is -2.93. The van der Waals surface area contributed by atoms with Gasteiger partial charge in [0.15, 0.2) is 10.9 Å². The molecule has 0 aliphatic carbocycles. The Kier molecular flexibility index (Phi) is 5.18. The monoisotopic (exact) mass is 368 g/mol. The molecule has 0 spiro atoms. The summed E-state index contributed by atoms with van der Waals surface area (Å²) in [5.74, 6) is 0.749. The number of nitrogens with one attached hydrogen (secondary N) is 2. The summed E-state index contributed by atoms with van der Waals surface area (Å²) in [6.07, 6.45) is 1.75. The van der Waals surface area contributed by atoms with Crippen molar-refractivity contribution < 1.29 is 9.32 Å². The van der Waals surface area contributed by atoms with E-state index in [1.54, 1.807) is 19.1 Å². The van der Waals surface area contributed by atoms with Crippen molar-refractivity contribution in [1.29, 1.82) is 0 Å². The van der Waals surface area contributed by atoms with Gasteiger partial charge >= 0.3 is 0 Å². The molecule has 1 atom stereocenters. The quantitative estimate of drug-likeness (QED) is 0.623. The SMILES string of the molecule is C=CCN1C(=S)N[C@H](c2ccccc2)C(C(=O)Nc2cc(C)on2)=C1C. The molecular formula is C19H20N4O2S. The van der Waals surface area contributed by atoms with Gasteiger partial charge in [0.2, 0.25) is 0 Å². The highest BCUT2D eigenvalue weighted by Crippen LogP contribution is 2.31. The van der Waals surface area contributed by atoms with Crippen molar-refractivity contribution in [3.63, 3.8) is 0 Å². The molecule has 134 valence electrons. The third-order valence-electron chi connectivity index (χ3n) is 4.16. The summed E-state index contributed by atoms with van der Waals surface area (Å²) in [5.41, 5.74) is 2.31. The van der Waals surface area contributed by atoms with E-state index >= 15 is 0 Å². The Morgan fingerprint density at radius 1 is 1.42 bits per heavy atom. The fourth-order valence-corrected chi connectivity index (χ4v) is 3.26. The number of aromatic nitrogens is 1. The zero-order chi connectivity index (χ0) is 18.7. The Balaban J connectivity index is 2.01. The number of amides is 1. The second-order valence-electron chi connectivity index (χ2n) is 5.97. The summed E-state index contributed by atoms with van der Waals surface area (Å²) >= 11 is 5.49. The number of thiocarbonyl (C=S) groups is 1.